The number of rotatable bonds is 2. The maximum Gasteiger partial charge on any atom is 0.266 e. The van der Waals surface area contributed by atoms with Gasteiger partial charge < -0.3 is 0 Å². The van der Waals surface area contributed by atoms with Crippen molar-refractivity contribution in [2.75, 3.05) is 6.26 Å². The number of thioether (sulfide) groups is 1. The molecule has 0 saturated carbocycles. The minimum absolute atomic E-state index is 0.273. The van der Waals surface area contributed by atoms with Gasteiger partial charge in [0.25, 0.3) is 5.56 Å². The van der Waals surface area contributed by atoms with E-state index in [-0.39, 0.29) is 5.56 Å². The van der Waals surface area contributed by atoms with Crippen molar-refractivity contribution in [3.63, 3.8) is 0 Å². The lowest BCUT2D eigenvalue weighted by Gasteiger charge is -2.13. The van der Waals surface area contributed by atoms with Gasteiger partial charge in [0.2, 0.25) is 0 Å². The van der Waals surface area contributed by atoms with Gasteiger partial charge in [0.1, 0.15) is 0 Å². The molecule has 118 valence electrons. The minimum atomic E-state index is -0.273. The van der Waals surface area contributed by atoms with Crippen molar-refractivity contribution in [2.45, 2.75) is 12.1 Å². The molecule has 0 aliphatic heterocycles. The average molecular weight is 431 g/mol. The summed E-state index contributed by atoms with van der Waals surface area (Å²) < 4.78 is 2.09. The second-order valence-electron chi connectivity index (χ2n) is 4.80. The Hall–Kier alpha value is -1.08. The second-order valence-corrected chi connectivity index (χ2v) is 7.21. The molecule has 1 aromatic carbocycles. The zero-order chi connectivity index (χ0) is 16.7. The van der Waals surface area contributed by atoms with Crippen LogP contribution >= 0.6 is 50.9 Å². The molecule has 0 aliphatic rings. The maximum absolute atomic E-state index is 12.8. The summed E-state index contributed by atoms with van der Waals surface area (Å²) in [4.78, 5) is 21.4. The molecule has 0 unspecified atom stereocenters. The fourth-order valence-electron chi connectivity index (χ4n) is 2.19. The summed E-state index contributed by atoms with van der Waals surface area (Å²) >= 11 is 17.5. The van der Waals surface area contributed by atoms with Gasteiger partial charge in [-0.15, -0.1) is 0 Å². The van der Waals surface area contributed by atoms with E-state index in [1.807, 2.05) is 19.2 Å². The summed E-state index contributed by atoms with van der Waals surface area (Å²) in [6.45, 7) is 1.86. The highest BCUT2D eigenvalue weighted by molar-refractivity contribution is 9.10. The lowest BCUT2D eigenvalue weighted by atomic mass is 10.2. The molecule has 0 saturated heterocycles. The van der Waals surface area contributed by atoms with Gasteiger partial charge in [-0.2, -0.15) is 0 Å². The molecule has 0 radical (unpaired) electrons. The highest BCUT2D eigenvalue weighted by atomic mass is 79.9. The van der Waals surface area contributed by atoms with Gasteiger partial charge in [-0.05, 0) is 40.7 Å². The molecule has 0 spiro atoms. The average Bonchev–Trinajstić information content (AvgIpc) is 2.55. The van der Waals surface area contributed by atoms with E-state index < -0.39 is 0 Å². The van der Waals surface area contributed by atoms with Crippen molar-refractivity contribution in [3.8, 4) is 5.69 Å². The van der Waals surface area contributed by atoms with Crippen molar-refractivity contribution < 1.29 is 0 Å². The third-order valence-corrected chi connectivity index (χ3v) is 5.29. The van der Waals surface area contributed by atoms with E-state index in [1.165, 1.54) is 22.5 Å². The number of hydrogen-bond donors (Lipinski definition) is 0. The number of aromatic nitrogens is 3. The van der Waals surface area contributed by atoms with E-state index in [0.29, 0.717) is 36.3 Å². The number of aryl methyl sites for hydroxylation is 1. The van der Waals surface area contributed by atoms with E-state index >= 15 is 0 Å². The Morgan fingerprint density at radius 2 is 2.04 bits per heavy atom. The predicted molar refractivity (Wildman–Crippen MR) is 99.4 cm³/mol. The van der Waals surface area contributed by atoms with Crippen LogP contribution in [0.1, 0.15) is 5.56 Å². The number of fused-ring (bicyclic) bond motifs is 1. The van der Waals surface area contributed by atoms with Gasteiger partial charge in [0.05, 0.1) is 31.1 Å². The molecule has 3 rings (SSSR count). The molecule has 0 atom stereocenters. The Morgan fingerprint density at radius 1 is 1.30 bits per heavy atom. The summed E-state index contributed by atoms with van der Waals surface area (Å²) in [5.74, 6) is 0. The van der Waals surface area contributed by atoms with Crippen molar-refractivity contribution in [2.24, 2.45) is 0 Å². The highest BCUT2D eigenvalue weighted by Crippen LogP contribution is 2.32. The Labute approximate surface area is 155 Å². The zero-order valence-electron chi connectivity index (χ0n) is 12.1. The molecular formula is C15H10BrCl2N3OS. The van der Waals surface area contributed by atoms with Gasteiger partial charge in [-0.1, -0.05) is 41.0 Å². The second kappa shape index (κ2) is 6.43. The van der Waals surface area contributed by atoms with E-state index in [4.69, 9.17) is 23.2 Å². The SMILES string of the molecule is CSc1ncc2c(=O)n(-c3c(Cl)ccc(C)c3Cl)cc(Br)c2n1. The van der Waals surface area contributed by atoms with Gasteiger partial charge in [0.15, 0.2) is 5.16 Å². The molecule has 0 N–H and O–H groups in total. The number of nitrogens with zero attached hydrogens (tertiary/aromatic N) is 3. The third-order valence-electron chi connectivity index (χ3n) is 3.37. The Kier molecular flexibility index (Phi) is 4.69. The smallest absolute Gasteiger partial charge is 0.266 e. The molecule has 2 aromatic heterocycles. The number of benzene rings is 1. The molecule has 0 aliphatic carbocycles. The van der Waals surface area contributed by atoms with Crippen molar-refractivity contribution >= 4 is 61.8 Å². The van der Waals surface area contributed by atoms with Crippen LogP contribution in [-0.4, -0.2) is 20.8 Å². The predicted octanol–water partition coefficient (Wildman–Crippen LogP) is 4.88. The first-order valence-electron chi connectivity index (χ1n) is 6.51. The maximum atomic E-state index is 12.8. The van der Waals surface area contributed by atoms with Crippen molar-refractivity contribution in [1.29, 1.82) is 0 Å². The summed E-state index contributed by atoms with van der Waals surface area (Å²) in [7, 11) is 0. The normalized spacial score (nSPS) is 11.2. The summed E-state index contributed by atoms with van der Waals surface area (Å²) in [5.41, 5.74) is 1.58. The van der Waals surface area contributed by atoms with Crippen molar-refractivity contribution in [3.05, 3.63) is 55.0 Å². The summed E-state index contributed by atoms with van der Waals surface area (Å²) in [5, 5.41) is 1.83. The van der Waals surface area contributed by atoms with Crippen LogP contribution < -0.4 is 5.56 Å². The molecule has 2 heterocycles. The van der Waals surface area contributed by atoms with Gasteiger partial charge in [0, 0.05) is 12.4 Å². The van der Waals surface area contributed by atoms with E-state index in [1.54, 1.807) is 12.3 Å². The first kappa shape index (κ1) is 16.8. The molecule has 0 amide bonds. The number of hydrogen-bond acceptors (Lipinski definition) is 4. The molecular weight excluding hydrogens is 421 g/mol. The monoisotopic (exact) mass is 429 g/mol. The highest BCUT2D eigenvalue weighted by Gasteiger charge is 2.16. The lowest BCUT2D eigenvalue weighted by Crippen LogP contribution is -2.20. The minimum Gasteiger partial charge on any atom is -0.279 e. The van der Waals surface area contributed by atoms with Gasteiger partial charge in [-0.25, -0.2) is 9.97 Å². The number of pyridine rings is 1. The van der Waals surface area contributed by atoms with Gasteiger partial charge >= 0.3 is 0 Å². The van der Waals surface area contributed by atoms with E-state index in [9.17, 15) is 4.79 Å². The van der Waals surface area contributed by atoms with Crippen LogP contribution in [0, 0.1) is 6.92 Å². The number of halogens is 3. The summed E-state index contributed by atoms with van der Waals surface area (Å²) in [6, 6.07) is 3.53. The molecule has 3 aromatic rings. The van der Waals surface area contributed by atoms with E-state index in [2.05, 4.69) is 25.9 Å². The van der Waals surface area contributed by atoms with Crippen LogP contribution in [0.4, 0.5) is 0 Å². The largest absolute Gasteiger partial charge is 0.279 e. The molecule has 23 heavy (non-hydrogen) atoms. The Morgan fingerprint density at radius 3 is 2.74 bits per heavy atom. The molecule has 4 nitrogen and oxygen atoms in total. The Balaban J connectivity index is 2.39. The Bertz CT molecular complexity index is 991. The van der Waals surface area contributed by atoms with Crippen LogP contribution in [0.15, 0.2) is 39.0 Å². The third kappa shape index (κ3) is 2.89. The zero-order valence-corrected chi connectivity index (χ0v) is 16.0. The lowest BCUT2D eigenvalue weighted by molar-refractivity contribution is 0.962. The first-order chi connectivity index (χ1) is 10.9. The van der Waals surface area contributed by atoms with Gasteiger partial charge in [-0.3, -0.25) is 9.36 Å². The van der Waals surface area contributed by atoms with E-state index in [0.717, 1.165) is 5.56 Å². The van der Waals surface area contributed by atoms with Crippen LogP contribution in [0.2, 0.25) is 10.0 Å². The fourth-order valence-corrected chi connectivity index (χ4v) is 3.59. The molecule has 8 heteroatoms. The van der Waals surface area contributed by atoms with Crippen LogP contribution in [0.3, 0.4) is 0 Å². The van der Waals surface area contributed by atoms with Crippen LogP contribution in [-0.2, 0) is 0 Å². The summed E-state index contributed by atoms with van der Waals surface area (Å²) in [6.07, 6.45) is 5.03. The van der Waals surface area contributed by atoms with Crippen LogP contribution in [0.5, 0.6) is 0 Å². The standard InChI is InChI=1S/C15H10BrCl2N3OS/c1-7-3-4-10(17)13(11(7)18)21-6-9(16)12-8(14(21)22)5-19-15(20-12)23-2/h3-6H,1-2H3. The first-order valence-corrected chi connectivity index (χ1v) is 9.28. The van der Waals surface area contributed by atoms with Crippen LogP contribution in [0.25, 0.3) is 16.6 Å². The molecule has 0 fully saturated rings. The quantitative estimate of drug-likeness (QED) is 0.429. The fraction of sp³-hybridized carbons (Fsp3) is 0.133. The topological polar surface area (TPSA) is 47.8 Å². The van der Waals surface area contributed by atoms with Crippen molar-refractivity contribution in [1.82, 2.24) is 14.5 Å². The molecule has 0 bridgehead atoms.